The molecule has 1 heterocycles. The molecule has 1 N–H and O–H groups in total. The van der Waals surface area contributed by atoms with Crippen LogP contribution in [0.3, 0.4) is 0 Å². The first kappa shape index (κ1) is 11.7. The zero-order valence-corrected chi connectivity index (χ0v) is 11.8. The van der Waals surface area contributed by atoms with Gasteiger partial charge in [-0.15, -0.1) is 0 Å². The van der Waals surface area contributed by atoms with Gasteiger partial charge in [0, 0.05) is 11.6 Å². The molecule has 5 fully saturated rings. The van der Waals surface area contributed by atoms with Crippen molar-refractivity contribution in [2.45, 2.75) is 62.9 Å². The Kier molecular flexibility index (Phi) is 2.74. The molecule has 4 aliphatic carbocycles. The molecule has 0 aromatic heterocycles. The average Bonchev–Trinajstić information content (AvgIpc) is 2.30. The van der Waals surface area contributed by atoms with E-state index < -0.39 is 0 Å². The number of hydrogen-bond donors (Lipinski definition) is 1. The van der Waals surface area contributed by atoms with Gasteiger partial charge in [0.05, 0.1) is 0 Å². The first-order chi connectivity index (χ1) is 8.71. The summed E-state index contributed by atoms with van der Waals surface area (Å²) >= 11 is 0. The van der Waals surface area contributed by atoms with Gasteiger partial charge in [0.2, 0.25) is 0 Å². The minimum atomic E-state index is 0.579. The van der Waals surface area contributed by atoms with Crippen molar-refractivity contribution in [3.05, 3.63) is 0 Å². The standard InChI is InChI=1S/C16H28N2/c1-18-4-2-15(3-5-18)17-16-9-12-6-13(10-16)8-14(7-12)11-16/h12-15,17H,2-11H2,1H3. The summed E-state index contributed by atoms with van der Waals surface area (Å²) in [4.78, 5) is 2.48. The first-order valence-corrected chi connectivity index (χ1v) is 8.17. The predicted molar refractivity (Wildman–Crippen MR) is 74.6 cm³/mol. The molecule has 2 heteroatoms. The van der Waals surface area contributed by atoms with E-state index in [4.69, 9.17) is 0 Å². The van der Waals surface area contributed by atoms with Crippen molar-refractivity contribution in [3.8, 4) is 0 Å². The zero-order chi connectivity index (χ0) is 12.2. The van der Waals surface area contributed by atoms with Crippen molar-refractivity contribution >= 4 is 0 Å². The Morgan fingerprint density at radius 3 is 1.89 bits per heavy atom. The highest BCUT2D eigenvalue weighted by molar-refractivity contribution is 5.07. The van der Waals surface area contributed by atoms with Gasteiger partial charge < -0.3 is 10.2 Å². The lowest BCUT2D eigenvalue weighted by molar-refractivity contribution is -0.0285. The second kappa shape index (κ2) is 4.21. The van der Waals surface area contributed by atoms with Gasteiger partial charge in [0.25, 0.3) is 0 Å². The van der Waals surface area contributed by atoms with Crippen LogP contribution in [-0.4, -0.2) is 36.6 Å². The summed E-state index contributed by atoms with van der Waals surface area (Å²) in [6.45, 7) is 2.59. The van der Waals surface area contributed by atoms with Gasteiger partial charge >= 0.3 is 0 Å². The van der Waals surface area contributed by atoms with Crippen molar-refractivity contribution in [2.75, 3.05) is 20.1 Å². The van der Waals surface area contributed by atoms with Crippen molar-refractivity contribution in [3.63, 3.8) is 0 Å². The van der Waals surface area contributed by atoms with Gasteiger partial charge in [-0.3, -0.25) is 0 Å². The Bertz CT molecular complexity index is 282. The lowest BCUT2D eigenvalue weighted by Gasteiger charge is -2.58. The molecule has 0 aromatic rings. The first-order valence-electron chi connectivity index (χ1n) is 8.17. The van der Waals surface area contributed by atoms with Crippen molar-refractivity contribution in [1.82, 2.24) is 10.2 Å². The molecule has 1 aliphatic heterocycles. The van der Waals surface area contributed by atoms with Crippen LogP contribution in [0.1, 0.15) is 51.4 Å². The SMILES string of the molecule is CN1CCC(NC23CC4CC(CC(C4)C2)C3)CC1. The third-order valence-corrected chi connectivity index (χ3v) is 6.27. The Morgan fingerprint density at radius 1 is 0.889 bits per heavy atom. The second-order valence-corrected chi connectivity index (χ2v) is 7.92. The largest absolute Gasteiger partial charge is 0.308 e. The van der Waals surface area contributed by atoms with Gasteiger partial charge in [-0.1, -0.05) is 0 Å². The third-order valence-electron chi connectivity index (χ3n) is 6.27. The molecular weight excluding hydrogens is 220 g/mol. The van der Waals surface area contributed by atoms with E-state index in [-0.39, 0.29) is 0 Å². The third kappa shape index (κ3) is 2.02. The summed E-state index contributed by atoms with van der Waals surface area (Å²) in [5.41, 5.74) is 0.579. The van der Waals surface area contributed by atoms with Crippen LogP contribution in [0.15, 0.2) is 0 Å². The number of nitrogens with zero attached hydrogens (tertiary/aromatic N) is 1. The molecule has 5 aliphatic rings. The molecule has 102 valence electrons. The summed E-state index contributed by atoms with van der Waals surface area (Å²) in [5, 5.41) is 4.16. The number of rotatable bonds is 2. The van der Waals surface area contributed by atoms with Crippen LogP contribution in [0.25, 0.3) is 0 Å². The molecule has 1 saturated heterocycles. The molecule has 0 unspecified atom stereocenters. The number of likely N-dealkylation sites (tertiary alicyclic amines) is 1. The summed E-state index contributed by atoms with van der Waals surface area (Å²) in [7, 11) is 2.26. The Balaban J connectivity index is 1.44. The number of piperidine rings is 1. The van der Waals surface area contributed by atoms with Gasteiger partial charge in [-0.05, 0) is 89.3 Å². The van der Waals surface area contributed by atoms with E-state index in [0.717, 1.165) is 23.8 Å². The molecule has 4 bridgehead atoms. The Morgan fingerprint density at radius 2 is 1.39 bits per heavy atom. The van der Waals surface area contributed by atoms with E-state index in [1.54, 1.807) is 19.3 Å². The van der Waals surface area contributed by atoms with Crippen LogP contribution in [0, 0.1) is 17.8 Å². The van der Waals surface area contributed by atoms with Crippen LogP contribution in [0.4, 0.5) is 0 Å². The maximum atomic E-state index is 4.16. The average molecular weight is 248 g/mol. The van der Waals surface area contributed by atoms with E-state index in [1.807, 2.05) is 0 Å². The Hall–Kier alpha value is -0.0800. The van der Waals surface area contributed by atoms with E-state index in [0.29, 0.717) is 5.54 Å². The van der Waals surface area contributed by atoms with Crippen molar-refractivity contribution < 1.29 is 0 Å². The highest BCUT2D eigenvalue weighted by Gasteiger charge is 2.51. The highest BCUT2D eigenvalue weighted by Crippen LogP contribution is 2.55. The van der Waals surface area contributed by atoms with Gasteiger partial charge in [-0.2, -0.15) is 0 Å². The smallest absolute Gasteiger partial charge is 0.0192 e. The van der Waals surface area contributed by atoms with Crippen molar-refractivity contribution in [1.29, 1.82) is 0 Å². The molecule has 5 rings (SSSR count). The van der Waals surface area contributed by atoms with Crippen LogP contribution in [0.2, 0.25) is 0 Å². The minimum Gasteiger partial charge on any atom is -0.308 e. The van der Waals surface area contributed by atoms with Gasteiger partial charge in [0.1, 0.15) is 0 Å². The van der Waals surface area contributed by atoms with Crippen molar-refractivity contribution in [2.24, 2.45) is 17.8 Å². The second-order valence-electron chi connectivity index (χ2n) is 7.92. The predicted octanol–water partition coefficient (Wildman–Crippen LogP) is 2.64. The molecule has 0 aromatic carbocycles. The summed E-state index contributed by atoms with van der Waals surface area (Å²) in [6.07, 6.45) is 12.0. The van der Waals surface area contributed by atoms with Crippen LogP contribution in [0.5, 0.6) is 0 Å². The van der Waals surface area contributed by atoms with Gasteiger partial charge in [0.15, 0.2) is 0 Å². The topological polar surface area (TPSA) is 15.3 Å². The van der Waals surface area contributed by atoms with Crippen LogP contribution in [-0.2, 0) is 0 Å². The molecule has 0 spiro atoms. The summed E-state index contributed by atoms with van der Waals surface area (Å²) in [5.74, 6) is 3.24. The normalized spacial score (nSPS) is 48.8. The Labute approximate surface area is 111 Å². The van der Waals surface area contributed by atoms with E-state index in [2.05, 4.69) is 17.3 Å². The van der Waals surface area contributed by atoms with E-state index in [9.17, 15) is 0 Å². The lowest BCUT2D eigenvalue weighted by Crippen LogP contribution is -2.61. The van der Waals surface area contributed by atoms with Crippen LogP contribution >= 0.6 is 0 Å². The maximum absolute atomic E-state index is 4.16. The molecule has 0 amide bonds. The fourth-order valence-corrected chi connectivity index (χ4v) is 5.87. The fourth-order valence-electron chi connectivity index (χ4n) is 5.87. The highest BCUT2D eigenvalue weighted by atomic mass is 15.1. The number of nitrogens with one attached hydrogen (secondary N) is 1. The van der Waals surface area contributed by atoms with E-state index in [1.165, 1.54) is 45.2 Å². The molecule has 4 saturated carbocycles. The molecular formula is C16H28N2. The quantitative estimate of drug-likeness (QED) is 0.808. The van der Waals surface area contributed by atoms with Gasteiger partial charge in [-0.25, -0.2) is 0 Å². The lowest BCUT2D eigenvalue weighted by atomic mass is 9.53. The fraction of sp³-hybridized carbons (Fsp3) is 1.00. The molecule has 18 heavy (non-hydrogen) atoms. The molecule has 2 nitrogen and oxygen atoms in total. The minimum absolute atomic E-state index is 0.579. The van der Waals surface area contributed by atoms with Crippen LogP contribution < -0.4 is 5.32 Å². The number of hydrogen-bond acceptors (Lipinski definition) is 2. The molecule has 0 radical (unpaired) electrons. The monoisotopic (exact) mass is 248 g/mol. The summed E-state index contributed by atoms with van der Waals surface area (Å²) < 4.78 is 0. The summed E-state index contributed by atoms with van der Waals surface area (Å²) in [6, 6.07) is 0.817. The maximum Gasteiger partial charge on any atom is 0.0192 e. The molecule has 0 atom stereocenters. The zero-order valence-electron chi connectivity index (χ0n) is 11.8. The van der Waals surface area contributed by atoms with E-state index >= 15 is 0 Å².